The molecule has 20 heavy (non-hydrogen) atoms. The molecule has 0 aliphatic carbocycles. The third-order valence-corrected chi connectivity index (χ3v) is 6.72. The van der Waals surface area contributed by atoms with Gasteiger partial charge in [0.1, 0.15) is 5.75 Å². The number of nitrogens with one attached hydrogen (secondary N) is 1. The second kappa shape index (κ2) is 7.36. The van der Waals surface area contributed by atoms with Gasteiger partial charge in [-0.25, -0.2) is 0 Å². The molecule has 0 saturated carbocycles. The smallest absolute Gasteiger partial charge is 0.232 e. The minimum Gasteiger partial charge on any atom is -0.350 e. The van der Waals surface area contributed by atoms with Crippen LogP contribution in [0.3, 0.4) is 0 Å². The van der Waals surface area contributed by atoms with E-state index in [1.54, 1.807) is 17.4 Å². The van der Waals surface area contributed by atoms with Crippen LogP contribution in [0.2, 0.25) is 4.34 Å². The van der Waals surface area contributed by atoms with Crippen LogP contribution in [-0.2, 0) is 22.1 Å². The molecule has 2 rings (SSSR count). The number of thiophene rings is 2. The Balaban J connectivity index is 1.80. The lowest BCUT2D eigenvalue weighted by atomic mass is 10.4. The Labute approximate surface area is 133 Å². The Bertz CT molecular complexity index is 595. The number of hydrogen-bond donors (Lipinski definition) is 1. The van der Waals surface area contributed by atoms with Crippen LogP contribution in [0.5, 0.6) is 0 Å². The van der Waals surface area contributed by atoms with Gasteiger partial charge in [-0.3, -0.25) is 9.00 Å². The average molecular weight is 348 g/mol. The third kappa shape index (κ3) is 4.41. The monoisotopic (exact) mass is 347 g/mol. The number of amides is 1. The Morgan fingerprint density at radius 2 is 2.25 bits per heavy atom. The van der Waals surface area contributed by atoms with Crippen LogP contribution < -0.4 is 5.32 Å². The first kappa shape index (κ1) is 15.7. The van der Waals surface area contributed by atoms with E-state index in [9.17, 15) is 9.00 Å². The molecule has 0 bridgehead atoms. The Morgan fingerprint density at radius 3 is 2.85 bits per heavy atom. The first-order chi connectivity index (χ1) is 9.56. The Kier molecular flexibility index (Phi) is 5.77. The minimum atomic E-state index is -1.20. The first-order valence-corrected chi connectivity index (χ1v) is 9.43. The molecule has 2 heterocycles. The van der Waals surface area contributed by atoms with Crippen molar-refractivity contribution in [3.63, 3.8) is 0 Å². The van der Waals surface area contributed by atoms with Gasteiger partial charge in [-0.15, -0.1) is 22.7 Å². The van der Waals surface area contributed by atoms with Crippen molar-refractivity contribution in [2.75, 3.05) is 5.75 Å². The van der Waals surface area contributed by atoms with E-state index in [4.69, 9.17) is 11.6 Å². The molecule has 0 radical (unpaired) electrons. The molecule has 0 unspecified atom stereocenters. The molecule has 1 amide bonds. The number of carbonyl (C=O) groups is 1. The lowest BCUT2D eigenvalue weighted by Crippen LogP contribution is -2.28. The summed E-state index contributed by atoms with van der Waals surface area (Å²) in [7, 11) is -1.20. The van der Waals surface area contributed by atoms with Crippen LogP contribution in [0.25, 0.3) is 0 Å². The molecule has 0 saturated heterocycles. The van der Waals surface area contributed by atoms with Gasteiger partial charge < -0.3 is 5.32 Å². The Morgan fingerprint density at radius 1 is 1.45 bits per heavy atom. The molecule has 108 valence electrons. The minimum absolute atomic E-state index is 0.0260. The fraction of sp³-hybridized carbons (Fsp3) is 0.308. The van der Waals surface area contributed by atoms with Crippen molar-refractivity contribution in [1.29, 1.82) is 0 Å². The molecule has 7 heteroatoms. The molecule has 2 aromatic rings. The molecule has 0 aromatic carbocycles. The average Bonchev–Trinajstić information content (AvgIpc) is 3.06. The Hall–Kier alpha value is -0.690. The van der Waals surface area contributed by atoms with Crippen molar-refractivity contribution >= 4 is 51.0 Å². The van der Waals surface area contributed by atoms with Gasteiger partial charge in [-0.05, 0) is 30.5 Å². The quantitative estimate of drug-likeness (QED) is 0.868. The fourth-order valence-electron chi connectivity index (χ4n) is 1.59. The summed E-state index contributed by atoms with van der Waals surface area (Å²) in [5.41, 5.74) is 0. The molecule has 2 atom stereocenters. The first-order valence-electron chi connectivity index (χ1n) is 5.97. The summed E-state index contributed by atoms with van der Waals surface area (Å²) in [6.07, 6.45) is 0. The van der Waals surface area contributed by atoms with E-state index in [0.29, 0.717) is 10.9 Å². The summed E-state index contributed by atoms with van der Waals surface area (Å²) in [5, 5.41) is 4.60. The van der Waals surface area contributed by atoms with Gasteiger partial charge in [0.15, 0.2) is 0 Å². The van der Waals surface area contributed by atoms with Gasteiger partial charge in [-0.1, -0.05) is 17.7 Å². The highest BCUT2D eigenvalue weighted by Crippen LogP contribution is 2.24. The normalized spacial score (nSPS) is 13.9. The van der Waals surface area contributed by atoms with E-state index in [0.717, 1.165) is 9.75 Å². The maximum Gasteiger partial charge on any atom is 0.232 e. The van der Waals surface area contributed by atoms with E-state index in [-0.39, 0.29) is 16.9 Å². The van der Waals surface area contributed by atoms with Crippen molar-refractivity contribution in [1.82, 2.24) is 5.32 Å². The lowest BCUT2D eigenvalue weighted by Gasteiger charge is -2.09. The molecular weight excluding hydrogens is 334 g/mol. The van der Waals surface area contributed by atoms with Crippen molar-refractivity contribution in [3.05, 3.63) is 43.7 Å². The molecule has 1 N–H and O–H groups in total. The molecule has 0 fully saturated rings. The second-order valence-electron chi connectivity index (χ2n) is 4.17. The standard InChI is InChI=1S/C13H14ClNO2S3/c1-9(11-3-2-6-18-11)20(17)8-13(16)15-7-10-4-5-12(14)19-10/h2-6,9H,7-8H2,1H3,(H,15,16)/t9-,20+/m0/s1. The van der Waals surface area contributed by atoms with Crippen molar-refractivity contribution < 1.29 is 9.00 Å². The van der Waals surface area contributed by atoms with Crippen molar-refractivity contribution in [2.24, 2.45) is 0 Å². The number of halogens is 1. The fourth-order valence-corrected chi connectivity index (χ4v) is 4.72. The lowest BCUT2D eigenvalue weighted by molar-refractivity contribution is -0.118. The summed E-state index contributed by atoms with van der Waals surface area (Å²) in [4.78, 5) is 13.8. The van der Waals surface area contributed by atoms with E-state index >= 15 is 0 Å². The predicted octanol–water partition coefficient (Wildman–Crippen LogP) is 3.59. The van der Waals surface area contributed by atoms with Gasteiger partial charge >= 0.3 is 0 Å². The maximum absolute atomic E-state index is 12.1. The summed E-state index contributed by atoms with van der Waals surface area (Å²) < 4.78 is 12.8. The van der Waals surface area contributed by atoms with Gasteiger partial charge in [0, 0.05) is 20.6 Å². The predicted molar refractivity (Wildman–Crippen MR) is 86.9 cm³/mol. The van der Waals surface area contributed by atoms with E-state index < -0.39 is 10.8 Å². The summed E-state index contributed by atoms with van der Waals surface area (Å²) >= 11 is 8.81. The number of hydrogen-bond acceptors (Lipinski definition) is 4. The SMILES string of the molecule is C[C@@H](c1cccs1)[S@](=O)CC(=O)NCc1ccc(Cl)s1. The van der Waals surface area contributed by atoms with Gasteiger partial charge in [0.05, 0.1) is 16.1 Å². The molecular formula is C13H14ClNO2S3. The highest BCUT2D eigenvalue weighted by Gasteiger charge is 2.17. The van der Waals surface area contributed by atoms with Gasteiger partial charge in [0.2, 0.25) is 5.91 Å². The van der Waals surface area contributed by atoms with Crippen molar-refractivity contribution in [2.45, 2.75) is 18.7 Å². The number of carbonyl (C=O) groups excluding carboxylic acids is 1. The van der Waals surface area contributed by atoms with Crippen LogP contribution in [0.4, 0.5) is 0 Å². The highest BCUT2D eigenvalue weighted by atomic mass is 35.5. The van der Waals surface area contributed by atoms with Gasteiger partial charge in [-0.2, -0.15) is 0 Å². The summed E-state index contributed by atoms with van der Waals surface area (Å²) in [6, 6.07) is 7.54. The van der Waals surface area contributed by atoms with Crippen LogP contribution in [-0.4, -0.2) is 15.9 Å². The van der Waals surface area contributed by atoms with Crippen LogP contribution in [0.15, 0.2) is 29.6 Å². The maximum atomic E-state index is 12.1. The zero-order valence-corrected chi connectivity index (χ0v) is 14.0. The third-order valence-electron chi connectivity index (χ3n) is 2.70. The molecule has 2 aromatic heterocycles. The second-order valence-corrected chi connectivity index (χ2v) is 8.70. The van der Waals surface area contributed by atoms with E-state index in [2.05, 4.69) is 5.32 Å². The largest absolute Gasteiger partial charge is 0.350 e. The summed E-state index contributed by atoms with van der Waals surface area (Å²) in [5.74, 6) is -0.172. The van der Waals surface area contributed by atoms with E-state index in [1.165, 1.54) is 11.3 Å². The van der Waals surface area contributed by atoms with Crippen LogP contribution >= 0.6 is 34.3 Å². The zero-order chi connectivity index (χ0) is 14.5. The topological polar surface area (TPSA) is 46.2 Å². The van der Waals surface area contributed by atoms with Crippen LogP contribution in [0.1, 0.15) is 21.9 Å². The zero-order valence-electron chi connectivity index (χ0n) is 10.8. The molecule has 0 aliphatic heterocycles. The molecule has 0 aliphatic rings. The van der Waals surface area contributed by atoms with Crippen molar-refractivity contribution in [3.8, 4) is 0 Å². The number of rotatable bonds is 6. The van der Waals surface area contributed by atoms with Gasteiger partial charge in [0.25, 0.3) is 0 Å². The summed E-state index contributed by atoms with van der Waals surface area (Å²) in [6.45, 7) is 2.31. The molecule has 0 spiro atoms. The van der Waals surface area contributed by atoms with Crippen LogP contribution in [0, 0.1) is 0 Å². The van der Waals surface area contributed by atoms with E-state index in [1.807, 2.05) is 30.5 Å². The highest BCUT2D eigenvalue weighted by molar-refractivity contribution is 7.86. The molecule has 3 nitrogen and oxygen atoms in total.